The SMILES string of the molecule is CNC1CCC(N(C)S(=O)(=O)CCCC(=O)O)CC1. The molecule has 1 rings (SSSR count). The van der Waals surface area contributed by atoms with Crippen molar-refractivity contribution in [2.75, 3.05) is 19.8 Å². The average Bonchev–Trinajstić information content (AvgIpc) is 2.37. The maximum atomic E-state index is 12.1. The van der Waals surface area contributed by atoms with E-state index in [-0.39, 0.29) is 24.6 Å². The summed E-state index contributed by atoms with van der Waals surface area (Å²) in [4.78, 5) is 10.4. The maximum absolute atomic E-state index is 12.1. The average molecular weight is 292 g/mol. The van der Waals surface area contributed by atoms with Gasteiger partial charge in [0.1, 0.15) is 0 Å². The third-order valence-electron chi connectivity index (χ3n) is 3.85. The van der Waals surface area contributed by atoms with Gasteiger partial charge in [0, 0.05) is 25.6 Å². The largest absolute Gasteiger partial charge is 0.481 e. The van der Waals surface area contributed by atoms with Crippen molar-refractivity contribution in [3.63, 3.8) is 0 Å². The third-order valence-corrected chi connectivity index (χ3v) is 5.83. The molecule has 0 amide bonds. The quantitative estimate of drug-likeness (QED) is 0.719. The smallest absolute Gasteiger partial charge is 0.303 e. The van der Waals surface area contributed by atoms with Crippen LogP contribution in [0, 0.1) is 0 Å². The number of carbonyl (C=O) groups is 1. The molecule has 1 aliphatic rings. The second-order valence-electron chi connectivity index (χ2n) is 5.12. The molecule has 1 saturated carbocycles. The number of nitrogens with zero attached hydrogens (tertiary/aromatic N) is 1. The van der Waals surface area contributed by atoms with Crippen LogP contribution in [0.25, 0.3) is 0 Å². The molecule has 0 radical (unpaired) electrons. The number of carboxylic acid groups (broad SMARTS) is 1. The topological polar surface area (TPSA) is 86.7 Å². The van der Waals surface area contributed by atoms with Crippen LogP contribution in [-0.2, 0) is 14.8 Å². The molecular formula is C12H24N2O4S. The summed E-state index contributed by atoms with van der Waals surface area (Å²) in [6.07, 6.45) is 3.76. The summed E-state index contributed by atoms with van der Waals surface area (Å²) in [6, 6.07) is 0.541. The Bertz CT molecular complexity index is 389. The Morgan fingerprint density at radius 3 is 2.37 bits per heavy atom. The van der Waals surface area contributed by atoms with Gasteiger partial charge < -0.3 is 10.4 Å². The molecule has 2 N–H and O–H groups in total. The van der Waals surface area contributed by atoms with E-state index in [9.17, 15) is 13.2 Å². The van der Waals surface area contributed by atoms with E-state index >= 15 is 0 Å². The van der Waals surface area contributed by atoms with Gasteiger partial charge in [-0.25, -0.2) is 12.7 Å². The van der Waals surface area contributed by atoms with Crippen molar-refractivity contribution < 1.29 is 18.3 Å². The lowest BCUT2D eigenvalue weighted by molar-refractivity contribution is -0.137. The maximum Gasteiger partial charge on any atom is 0.303 e. The van der Waals surface area contributed by atoms with Crippen LogP contribution in [0.2, 0.25) is 0 Å². The van der Waals surface area contributed by atoms with Gasteiger partial charge in [0.15, 0.2) is 0 Å². The first kappa shape index (κ1) is 16.4. The number of rotatable bonds is 7. The summed E-state index contributed by atoms with van der Waals surface area (Å²) in [6.45, 7) is 0. The van der Waals surface area contributed by atoms with Crippen LogP contribution in [0.3, 0.4) is 0 Å². The molecule has 0 saturated heterocycles. The van der Waals surface area contributed by atoms with E-state index in [0.717, 1.165) is 25.7 Å². The minimum Gasteiger partial charge on any atom is -0.481 e. The molecule has 0 atom stereocenters. The summed E-state index contributed by atoms with van der Waals surface area (Å²) in [7, 11) is 0.209. The van der Waals surface area contributed by atoms with Crippen LogP contribution in [0.15, 0.2) is 0 Å². The number of nitrogens with one attached hydrogen (secondary N) is 1. The van der Waals surface area contributed by atoms with Crippen molar-refractivity contribution in [1.82, 2.24) is 9.62 Å². The zero-order chi connectivity index (χ0) is 14.5. The number of hydrogen-bond donors (Lipinski definition) is 2. The van der Waals surface area contributed by atoms with Crippen molar-refractivity contribution in [3.8, 4) is 0 Å². The lowest BCUT2D eigenvalue weighted by Crippen LogP contribution is -2.43. The first-order chi connectivity index (χ1) is 8.86. The summed E-state index contributed by atoms with van der Waals surface area (Å²) in [5, 5.41) is 11.8. The highest BCUT2D eigenvalue weighted by Gasteiger charge is 2.29. The molecule has 19 heavy (non-hydrogen) atoms. The minimum atomic E-state index is -3.33. The lowest BCUT2D eigenvalue weighted by atomic mass is 9.91. The third kappa shape index (κ3) is 5.08. The fourth-order valence-electron chi connectivity index (χ4n) is 2.51. The number of hydrogen-bond acceptors (Lipinski definition) is 4. The van der Waals surface area contributed by atoms with Gasteiger partial charge in [0.25, 0.3) is 0 Å². The lowest BCUT2D eigenvalue weighted by Gasteiger charge is -2.33. The molecule has 0 aromatic heterocycles. The van der Waals surface area contributed by atoms with Crippen LogP contribution in [0.4, 0.5) is 0 Å². The Labute approximate surface area is 115 Å². The van der Waals surface area contributed by atoms with Crippen LogP contribution in [0.1, 0.15) is 38.5 Å². The molecular weight excluding hydrogens is 268 g/mol. The Kier molecular flexibility index (Phi) is 6.22. The van der Waals surface area contributed by atoms with Gasteiger partial charge in [-0.15, -0.1) is 0 Å². The Morgan fingerprint density at radius 1 is 1.32 bits per heavy atom. The molecule has 112 valence electrons. The molecule has 0 aromatic rings. The Morgan fingerprint density at radius 2 is 1.89 bits per heavy atom. The van der Waals surface area contributed by atoms with Crippen LogP contribution < -0.4 is 5.32 Å². The fraction of sp³-hybridized carbons (Fsp3) is 0.917. The molecule has 7 heteroatoms. The number of sulfonamides is 1. The molecule has 0 aromatic carbocycles. The van der Waals surface area contributed by atoms with Gasteiger partial charge in [0.2, 0.25) is 10.0 Å². The van der Waals surface area contributed by atoms with Crippen molar-refractivity contribution in [1.29, 1.82) is 0 Å². The van der Waals surface area contributed by atoms with Gasteiger partial charge in [-0.1, -0.05) is 0 Å². The van der Waals surface area contributed by atoms with Gasteiger partial charge in [-0.2, -0.15) is 0 Å². The second-order valence-corrected chi connectivity index (χ2v) is 7.27. The van der Waals surface area contributed by atoms with Gasteiger partial charge in [-0.05, 0) is 39.2 Å². The normalized spacial score (nSPS) is 24.6. The highest BCUT2D eigenvalue weighted by atomic mass is 32.2. The van der Waals surface area contributed by atoms with E-state index in [2.05, 4.69) is 5.32 Å². The monoisotopic (exact) mass is 292 g/mol. The summed E-state index contributed by atoms with van der Waals surface area (Å²) in [5.74, 6) is -1.03. The molecule has 0 aliphatic heterocycles. The van der Waals surface area contributed by atoms with Crippen molar-refractivity contribution in [2.45, 2.75) is 50.6 Å². The van der Waals surface area contributed by atoms with Gasteiger partial charge >= 0.3 is 5.97 Å². The number of aliphatic carboxylic acids is 1. The second kappa shape index (κ2) is 7.21. The Hall–Kier alpha value is -0.660. The van der Waals surface area contributed by atoms with Crippen molar-refractivity contribution >= 4 is 16.0 Å². The molecule has 6 nitrogen and oxygen atoms in total. The highest BCUT2D eigenvalue weighted by molar-refractivity contribution is 7.89. The summed E-state index contributed by atoms with van der Waals surface area (Å²) < 4.78 is 25.6. The highest BCUT2D eigenvalue weighted by Crippen LogP contribution is 2.24. The van der Waals surface area contributed by atoms with Gasteiger partial charge in [-0.3, -0.25) is 4.79 Å². The molecule has 0 bridgehead atoms. The molecule has 0 spiro atoms. The van der Waals surface area contributed by atoms with Crippen molar-refractivity contribution in [2.24, 2.45) is 0 Å². The zero-order valence-electron chi connectivity index (χ0n) is 11.6. The van der Waals surface area contributed by atoms with Crippen LogP contribution in [-0.4, -0.2) is 55.7 Å². The van der Waals surface area contributed by atoms with E-state index in [4.69, 9.17) is 5.11 Å². The summed E-state index contributed by atoms with van der Waals surface area (Å²) in [5.41, 5.74) is 0. The predicted octanol–water partition coefficient (Wildman–Crippen LogP) is 0.643. The first-order valence-corrected chi connectivity index (χ1v) is 8.32. The van der Waals surface area contributed by atoms with Crippen LogP contribution in [0.5, 0.6) is 0 Å². The van der Waals surface area contributed by atoms with Gasteiger partial charge in [0.05, 0.1) is 5.75 Å². The predicted molar refractivity (Wildman–Crippen MR) is 73.5 cm³/mol. The molecule has 0 heterocycles. The Balaban J connectivity index is 2.47. The van der Waals surface area contributed by atoms with Crippen LogP contribution >= 0.6 is 0 Å². The van der Waals surface area contributed by atoms with E-state index in [1.54, 1.807) is 7.05 Å². The zero-order valence-corrected chi connectivity index (χ0v) is 12.4. The molecule has 0 unspecified atom stereocenters. The molecule has 1 fully saturated rings. The minimum absolute atomic E-state index is 0.0550. The van der Waals surface area contributed by atoms with E-state index in [1.165, 1.54) is 4.31 Å². The van der Waals surface area contributed by atoms with E-state index in [0.29, 0.717) is 6.04 Å². The number of carboxylic acids is 1. The summed E-state index contributed by atoms with van der Waals surface area (Å²) >= 11 is 0. The molecule has 1 aliphatic carbocycles. The standard InChI is InChI=1S/C12H24N2O4S/c1-13-10-5-7-11(8-6-10)14(2)19(17,18)9-3-4-12(15)16/h10-11,13H,3-9H2,1-2H3,(H,15,16). The first-order valence-electron chi connectivity index (χ1n) is 6.71. The van der Waals surface area contributed by atoms with E-state index in [1.807, 2.05) is 7.05 Å². The van der Waals surface area contributed by atoms with E-state index < -0.39 is 16.0 Å². The fourth-order valence-corrected chi connectivity index (χ4v) is 3.97. The van der Waals surface area contributed by atoms with Crippen molar-refractivity contribution in [3.05, 3.63) is 0 Å².